The Bertz CT molecular complexity index is 756. The number of phenolic OH excluding ortho intramolecular Hbond substituents is 1. The van der Waals surface area contributed by atoms with Crippen molar-refractivity contribution in [2.24, 2.45) is 0 Å². The van der Waals surface area contributed by atoms with Crippen LogP contribution in [-0.4, -0.2) is 28.7 Å². The van der Waals surface area contributed by atoms with E-state index in [0.717, 1.165) is 36.1 Å². The number of carbonyl (C=O) groups excluding carboxylic acids is 1. The van der Waals surface area contributed by atoms with E-state index < -0.39 is 0 Å². The van der Waals surface area contributed by atoms with Crippen LogP contribution in [-0.2, 0) is 4.79 Å². The van der Waals surface area contributed by atoms with Crippen LogP contribution in [0.15, 0.2) is 47.4 Å². The molecule has 4 rings (SSSR count). The van der Waals surface area contributed by atoms with Crippen molar-refractivity contribution in [2.45, 2.75) is 29.7 Å². The van der Waals surface area contributed by atoms with Crippen LogP contribution in [0.5, 0.6) is 5.75 Å². The van der Waals surface area contributed by atoms with Crippen LogP contribution in [0.4, 0.5) is 0 Å². The Kier molecular flexibility index (Phi) is 3.57. The summed E-state index contributed by atoms with van der Waals surface area (Å²) in [7, 11) is 0. The number of hydrogen-bond donors (Lipinski definition) is 1. The minimum absolute atomic E-state index is 0.131. The third kappa shape index (κ3) is 2.32. The summed E-state index contributed by atoms with van der Waals surface area (Å²) in [6.07, 6.45) is 4.07. The average molecular weight is 325 g/mol. The van der Waals surface area contributed by atoms with Gasteiger partial charge >= 0.3 is 0 Å². The van der Waals surface area contributed by atoms with E-state index >= 15 is 0 Å². The largest absolute Gasteiger partial charge is 0.508 e. The summed E-state index contributed by atoms with van der Waals surface area (Å²) < 4.78 is 0. The molecule has 3 nitrogen and oxygen atoms in total. The predicted molar refractivity (Wildman–Crippen MR) is 91.9 cm³/mol. The molecule has 2 atom stereocenters. The molecule has 2 aromatic carbocycles. The Balaban J connectivity index is 1.85. The number of aromatic hydroxyl groups is 1. The number of rotatable bonds is 2. The van der Waals surface area contributed by atoms with E-state index in [9.17, 15) is 9.90 Å². The van der Waals surface area contributed by atoms with Crippen LogP contribution in [0.2, 0.25) is 0 Å². The Hall–Kier alpha value is -1.94. The molecular formula is C19H19NO2S. The Labute approximate surface area is 140 Å². The fourth-order valence-electron chi connectivity index (χ4n) is 3.88. The van der Waals surface area contributed by atoms with E-state index in [1.54, 1.807) is 17.8 Å². The molecule has 4 heteroatoms. The summed E-state index contributed by atoms with van der Waals surface area (Å²) in [5.41, 5.74) is 3.19. The number of amides is 1. The van der Waals surface area contributed by atoms with Crippen LogP contribution in [0.3, 0.4) is 0 Å². The highest BCUT2D eigenvalue weighted by molar-refractivity contribution is 7.98. The topological polar surface area (TPSA) is 40.5 Å². The van der Waals surface area contributed by atoms with Gasteiger partial charge in [-0.3, -0.25) is 4.79 Å². The van der Waals surface area contributed by atoms with Crippen molar-refractivity contribution < 1.29 is 9.90 Å². The minimum atomic E-state index is -0.254. The summed E-state index contributed by atoms with van der Waals surface area (Å²) in [5, 5.41) is 9.89. The number of fused-ring (bicyclic) bond motifs is 3. The molecule has 1 amide bonds. The number of hydrogen-bond acceptors (Lipinski definition) is 3. The first-order valence-corrected chi connectivity index (χ1v) is 9.19. The van der Waals surface area contributed by atoms with Crippen LogP contribution >= 0.6 is 11.8 Å². The molecule has 23 heavy (non-hydrogen) atoms. The molecule has 0 spiro atoms. The molecule has 0 aromatic heterocycles. The highest BCUT2D eigenvalue weighted by Crippen LogP contribution is 2.46. The normalized spacial score (nSPS) is 22.8. The van der Waals surface area contributed by atoms with Crippen molar-refractivity contribution in [3.05, 3.63) is 59.2 Å². The maximum Gasteiger partial charge on any atom is 0.235 e. The van der Waals surface area contributed by atoms with Crippen LogP contribution in [0.1, 0.15) is 41.5 Å². The first-order valence-electron chi connectivity index (χ1n) is 7.96. The summed E-state index contributed by atoms with van der Waals surface area (Å²) in [6, 6.07) is 13.8. The molecule has 0 aliphatic carbocycles. The lowest BCUT2D eigenvalue weighted by Gasteiger charge is -2.37. The van der Waals surface area contributed by atoms with E-state index in [4.69, 9.17) is 0 Å². The second-order valence-electron chi connectivity index (χ2n) is 6.21. The summed E-state index contributed by atoms with van der Waals surface area (Å²) in [6.45, 7) is 0.817. The number of phenols is 1. The molecule has 0 radical (unpaired) electrons. The zero-order valence-corrected chi connectivity index (χ0v) is 13.8. The molecule has 2 aliphatic heterocycles. The maximum absolute atomic E-state index is 13.1. The van der Waals surface area contributed by atoms with E-state index in [-0.39, 0.29) is 23.6 Å². The van der Waals surface area contributed by atoms with Gasteiger partial charge in [-0.1, -0.05) is 18.2 Å². The molecule has 0 saturated carbocycles. The molecule has 2 unspecified atom stereocenters. The summed E-state index contributed by atoms with van der Waals surface area (Å²) >= 11 is 1.70. The molecule has 2 aliphatic rings. The highest BCUT2D eigenvalue weighted by Gasteiger charge is 2.42. The van der Waals surface area contributed by atoms with Crippen molar-refractivity contribution in [1.29, 1.82) is 0 Å². The highest BCUT2D eigenvalue weighted by atomic mass is 32.2. The van der Waals surface area contributed by atoms with Gasteiger partial charge in [0.25, 0.3) is 0 Å². The molecule has 2 heterocycles. The maximum atomic E-state index is 13.1. The Morgan fingerprint density at radius 1 is 1.13 bits per heavy atom. The molecule has 0 bridgehead atoms. The van der Waals surface area contributed by atoms with E-state index in [2.05, 4.69) is 24.3 Å². The Morgan fingerprint density at radius 3 is 2.65 bits per heavy atom. The molecule has 118 valence electrons. The second kappa shape index (κ2) is 5.60. The minimum Gasteiger partial charge on any atom is -0.508 e. The van der Waals surface area contributed by atoms with Gasteiger partial charge in [-0.15, -0.1) is 11.8 Å². The first-order chi connectivity index (χ1) is 11.2. The zero-order valence-electron chi connectivity index (χ0n) is 13.0. The number of nitrogens with zero attached hydrogens (tertiary/aromatic N) is 1. The smallest absolute Gasteiger partial charge is 0.235 e. The van der Waals surface area contributed by atoms with E-state index in [1.165, 1.54) is 4.90 Å². The lowest BCUT2D eigenvalue weighted by Crippen LogP contribution is -2.40. The lowest BCUT2D eigenvalue weighted by molar-refractivity contribution is -0.133. The first kappa shape index (κ1) is 14.6. The van der Waals surface area contributed by atoms with Gasteiger partial charge in [-0.05, 0) is 60.1 Å². The summed E-state index contributed by atoms with van der Waals surface area (Å²) in [5.74, 6) is 0.222. The van der Waals surface area contributed by atoms with Gasteiger partial charge in [0.2, 0.25) is 5.91 Å². The molecular weight excluding hydrogens is 306 g/mol. The molecule has 1 N–H and O–H groups in total. The number of benzene rings is 2. The van der Waals surface area contributed by atoms with Gasteiger partial charge in [-0.2, -0.15) is 0 Å². The van der Waals surface area contributed by atoms with E-state index in [1.807, 2.05) is 23.3 Å². The predicted octanol–water partition coefficient (Wildman–Crippen LogP) is 3.92. The van der Waals surface area contributed by atoms with Gasteiger partial charge < -0.3 is 10.0 Å². The molecule has 2 aromatic rings. The van der Waals surface area contributed by atoms with Crippen LogP contribution in [0, 0.1) is 0 Å². The van der Waals surface area contributed by atoms with Crippen molar-refractivity contribution in [1.82, 2.24) is 4.90 Å². The van der Waals surface area contributed by atoms with Gasteiger partial charge in [0.15, 0.2) is 0 Å². The fourth-order valence-corrected chi connectivity index (χ4v) is 4.29. The van der Waals surface area contributed by atoms with Crippen molar-refractivity contribution >= 4 is 17.7 Å². The van der Waals surface area contributed by atoms with E-state index in [0.29, 0.717) is 0 Å². The number of thioether (sulfide) groups is 1. The molecule has 1 fully saturated rings. The third-order valence-electron chi connectivity index (χ3n) is 4.97. The van der Waals surface area contributed by atoms with Crippen LogP contribution < -0.4 is 0 Å². The van der Waals surface area contributed by atoms with Crippen molar-refractivity contribution in [2.75, 3.05) is 12.8 Å². The molecule has 1 saturated heterocycles. The average Bonchev–Trinajstić information content (AvgIpc) is 3.06. The summed E-state index contributed by atoms with van der Waals surface area (Å²) in [4.78, 5) is 16.3. The van der Waals surface area contributed by atoms with Gasteiger partial charge in [-0.25, -0.2) is 0 Å². The number of carbonyl (C=O) groups is 1. The van der Waals surface area contributed by atoms with Gasteiger partial charge in [0.05, 0.1) is 12.0 Å². The fraction of sp³-hybridized carbons (Fsp3) is 0.316. The Morgan fingerprint density at radius 2 is 1.91 bits per heavy atom. The SMILES string of the molecule is CSc1ccc(C2C(=O)N3CCCC3c3cc(O)ccc32)cc1. The van der Waals surface area contributed by atoms with Crippen molar-refractivity contribution in [3.8, 4) is 5.75 Å². The van der Waals surface area contributed by atoms with Crippen LogP contribution in [0.25, 0.3) is 0 Å². The third-order valence-corrected chi connectivity index (χ3v) is 5.72. The zero-order chi connectivity index (χ0) is 16.0. The quantitative estimate of drug-likeness (QED) is 0.851. The van der Waals surface area contributed by atoms with Crippen molar-refractivity contribution in [3.63, 3.8) is 0 Å². The van der Waals surface area contributed by atoms with Gasteiger partial charge in [0, 0.05) is 11.4 Å². The standard InChI is InChI=1S/C19H19NO2S/c1-23-14-7-4-12(5-8-14)18-15-9-6-13(21)11-16(15)17-3-2-10-20(17)19(18)22/h4-9,11,17-18,21H,2-3,10H2,1H3. The monoisotopic (exact) mass is 325 g/mol. The van der Waals surface area contributed by atoms with Gasteiger partial charge in [0.1, 0.15) is 5.75 Å². The lowest BCUT2D eigenvalue weighted by atomic mass is 9.81. The second-order valence-corrected chi connectivity index (χ2v) is 7.09.